The second kappa shape index (κ2) is 10.4. The van der Waals surface area contributed by atoms with Crippen molar-refractivity contribution >= 4 is 36.4 Å². The smallest absolute Gasteiger partial charge is 0.227 e. The molecule has 1 amide bonds. The molecule has 1 aromatic carbocycles. The van der Waals surface area contributed by atoms with Gasteiger partial charge in [-0.1, -0.05) is 6.42 Å². The molecule has 1 fully saturated rings. The van der Waals surface area contributed by atoms with Crippen molar-refractivity contribution in [3.8, 4) is 11.5 Å². The minimum absolute atomic E-state index is 0. The third-order valence-electron chi connectivity index (χ3n) is 4.60. The molecule has 0 radical (unpaired) electrons. The number of benzene rings is 1. The number of aryl methyl sites for hydroxylation is 1. The number of halogens is 2. The fourth-order valence-electron chi connectivity index (χ4n) is 3.28. The van der Waals surface area contributed by atoms with E-state index < -0.39 is 0 Å². The summed E-state index contributed by atoms with van der Waals surface area (Å²) in [4.78, 5) is 16.5. The van der Waals surface area contributed by atoms with E-state index in [0.29, 0.717) is 18.2 Å². The van der Waals surface area contributed by atoms with Gasteiger partial charge in [0.25, 0.3) is 0 Å². The maximum Gasteiger partial charge on any atom is 0.227 e. The Morgan fingerprint density at radius 2 is 2.12 bits per heavy atom. The number of aromatic nitrogens is 1. The standard InChI is InChI=1S/C19H23N3O2.2ClH/c1-13-10-15(22-19(23)17-6-2-4-14(17)11-20)7-8-18(13)24-16-5-3-9-21-12-16;;/h3,5,7-10,12,14,17H,2,4,6,11,20H2,1H3,(H,22,23);2*1H/t14-,17-;;/m1../s1. The van der Waals surface area contributed by atoms with Crippen molar-refractivity contribution in [1.29, 1.82) is 0 Å². The van der Waals surface area contributed by atoms with Gasteiger partial charge in [-0.15, -0.1) is 24.8 Å². The summed E-state index contributed by atoms with van der Waals surface area (Å²) in [6.45, 7) is 2.54. The molecule has 1 heterocycles. The number of carbonyl (C=O) groups excluding carboxylic acids is 1. The monoisotopic (exact) mass is 397 g/mol. The highest BCUT2D eigenvalue weighted by molar-refractivity contribution is 5.93. The largest absolute Gasteiger partial charge is 0.455 e. The minimum Gasteiger partial charge on any atom is -0.455 e. The number of nitrogens with zero attached hydrogens (tertiary/aromatic N) is 1. The molecule has 0 spiro atoms. The number of amides is 1. The van der Waals surface area contributed by atoms with Gasteiger partial charge in [-0.3, -0.25) is 9.78 Å². The Morgan fingerprint density at radius 3 is 2.77 bits per heavy atom. The van der Waals surface area contributed by atoms with Crippen LogP contribution in [0.1, 0.15) is 24.8 Å². The van der Waals surface area contributed by atoms with Crippen LogP contribution in [-0.4, -0.2) is 17.4 Å². The van der Waals surface area contributed by atoms with Crippen LogP contribution in [0.2, 0.25) is 0 Å². The van der Waals surface area contributed by atoms with Crippen molar-refractivity contribution in [3.05, 3.63) is 48.3 Å². The quantitative estimate of drug-likeness (QED) is 0.786. The number of nitrogens with two attached hydrogens (primary N) is 1. The predicted octanol–water partition coefficient (Wildman–Crippen LogP) is 4.34. The Hall–Kier alpha value is -1.82. The number of nitrogens with one attached hydrogen (secondary N) is 1. The first-order valence-corrected chi connectivity index (χ1v) is 8.37. The lowest BCUT2D eigenvalue weighted by Gasteiger charge is -2.18. The van der Waals surface area contributed by atoms with Gasteiger partial charge < -0.3 is 15.8 Å². The molecular weight excluding hydrogens is 373 g/mol. The van der Waals surface area contributed by atoms with E-state index in [-0.39, 0.29) is 36.6 Å². The Kier molecular flexibility index (Phi) is 8.85. The Morgan fingerprint density at radius 1 is 1.31 bits per heavy atom. The summed E-state index contributed by atoms with van der Waals surface area (Å²) in [6.07, 6.45) is 6.43. The van der Waals surface area contributed by atoms with Crippen LogP contribution in [0.5, 0.6) is 11.5 Å². The number of carbonyl (C=O) groups is 1. The van der Waals surface area contributed by atoms with Crippen LogP contribution < -0.4 is 15.8 Å². The zero-order valence-electron chi connectivity index (χ0n) is 14.7. The van der Waals surface area contributed by atoms with Crippen molar-refractivity contribution in [1.82, 2.24) is 4.98 Å². The third kappa shape index (κ3) is 5.34. The zero-order chi connectivity index (χ0) is 16.9. The van der Waals surface area contributed by atoms with Gasteiger partial charge in [0, 0.05) is 17.8 Å². The Bertz CT molecular complexity index is 713. The molecule has 0 bridgehead atoms. The average molecular weight is 398 g/mol. The molecule has 1 aliphatic carbocycles. The molecule has 3 N–H and O–H groups in total. The van der Waals surface area contributed by atoms with Crippen LogP contribution in [0.3, 0.4) is 0 Å². The lowest BCUT2D eigenvalue weighted by Crippen LogP contribution is -2.29. The first kappa shape index (κ1) is 22.2. The minimum atomic E-state index is 0. The van der Waals surface area contributed by atoms with E-state index in [1.165, 1.54) is 0 Å². The summed E-state index contributed by atoms with van der Waals surface area (Å²) in [7, 11) is 0. The van der Waals surface area contributed by atoms with E-state index in [1.54, 1.807) is 12.4 Å². The van der Waals surface area contributed by atoms with E-state index >= 15 is 0 Å². The maximum absolute atomic E-state index is 12.5. The second-order valence-electron chi connectivity index (χ2n) is 6.29. The van der Waals surface area contributed by atoms with Crippen LogP contribution in [0.15, 0.2) is 42.7 Å². The topological polar surface area (TPSA) is 77.2 Å². The molecule has 26 heavy (non-hydrogen) atoms. The van der Waals surface area contributed by atoms with E-state index in [1.807, 2.05) is 37.3 Å². The third-order valence-corrected chi connectivity index (χ3v) is 4.60. The number of hydrogen-bond acceptors (Lipinski definition) is 4. The first-order chi connectivity index (χ1) is 11.7. The Labute approximate surface area is 166 Å². The highest BCUT2D eigenvalue weighted by atomic mass is 35.5. The van der Waals surface area contributed by atoms with Gasteiger partial charge in [0.15, 0.2) is 0 Å². The number of rotatable bonds is 5. The lowest BCUT2D eigenvalue weighted by atomic mass is 9.95. The van der Waals surface area contributed by atoms with Crippen LogP contribution >= 0.6 is 24.8 Å². The Balaban J connectivity index is 0.00000169. The molecule has 1 saturated carbocycles. The van der Waals surface area contributed by atoms with Gasteiger partial charge in [-0.2, -0.15) is 0 Å². The summed E-state index contributed by atoms with van der Waals surface area (Å²) in [5, 5.41) is 3.02. The molecule has 1 aromatic heterocycles. The van der Waals surface area contributed by atoms with Crippen molar-refractivity contribution in [3.63, 3.8) is 0 Å². The van der Waals surface area contributed by atoms with E-state index in [9.17, 15) is 4.79 Å². The molecular formula is C19H25Cl2N3O2. The SMILES string of the molecule is Cc1cc(NC(=O)[C@@H]2CCC[C@@H]2CN)ccc1Oc1cccnc1.Cl.Cl. The molecule has 0 saturated heterocycles. The molecule has 0 aliphatic heterocycles. The number of pyridine rings is 1. The molecule has 2 aromatic rings. The fourth-order valence-corrected chi connectivity index (χ4v) is 3.28. The van der Waals surface area contributed by atoms with Crippen LogP contribution in [0.25, 0.3) is 0 Å². The van der Waals surface area contributed by atoms with Crippen LogP contribution in [0, 0.1) is 18.8 Å². The molecule has 2 atom stereocenters. The number of hydrogen-bond donors (Lipinski definition) is 2. The van der Waals surface area contributed by atoms with E-state index in [4.69, 9.17) is 10.5 Å². The van der Waals surface area contributed by atoms with Crippen molar-refractivity contribution in [2.75, 3.05) is 11.9 Å². The van der Waals surface area contributed by atoms with Gasteiger partial charge in [-0.05, 0) is 68.1 Å². The van der Waals surface area contributed by atoms with Crippen LogP contribution in [-0.2, 0) is 4.79 Å². The van der Waals surface area contributed by atoms with E-state index in [0.717, 1.165) is 36.3 Å². The first-order valence-electron chi connectivity index (χ1n) is 8.37. The lowest BCUT2D eigenvalue weighted by molar-refractivity contribution is -0.120. The zero-order valence-corrected chi connectivity index (χ0v) is 16.3. The molecule has 5 nitrogen and oxygen atoms in total. The molecule has 3 rings (SSSR count). The normalized spacial score (nSPS) is 18.4. The predicted molar refractivity (Wildman–Crippen MR) is 109 cm³/mol. The number of anilines is 1. The second-order valence-corrected chi connectivity index (χ2v) is 6.29. The summed E-state index contributed by atoms with van der Waals surface area (Å²) in [5.41, 5.74) is 7.52. The molecule has 7 heteroatoms. The van der Waals surface area contributed by atoms with Gasteiger partial charge in [0.1, 0.15) is 11.5 Å². The van der Waals surface area contributed by atoms with Crippen LogP contribution in [0.4, 0.5) is 5.69 Å². The van der Waals surface area contributed by atoms with Crippen molar-refractivity contribution in [2.24, 2.45) is 17.6 Å². The average Bonchev–Trinajstić information content (AvgIpc) is 3.07. The summed E-state index contributed by atoms with van der Waals surface area (Å²) < 4.78 is 5.81. The molecule has 1 aliphatic rings. The van der Waals surface area contributed by atoms with Crippen molar-refractivity contribution in [2.45, 2.75) is 26.2 Å². The van der Waals surface area contributed by atoms with E-state index in [2.05, 4.69) is 10.3 Å². The summed E-state index contributed by atoms with van der Waals surface area (Å²) in [5.74, 6) is 1.85. The van der Waals surface area contributed by atoms with Gasteiger partial charge >= 0.3 is 0 Å². The van der Waals surface area contributed by atoms with Crippen molar-refractivity contribution < 1.29 is 9.53 Å². The molecule has 0 unspecified atom stereocenters. The van der Waals surface area contributed by atoms with Gasteiger partial charge in [0.2, 0.25) is 5.91 Å². The fraction of sp³-hybridized carbons (Fsp3) is 0.368. The highest BCUT2D eigenvalue weighted by Gasteiger charge is 2.31. The summed E-state index contributed by atoms with van der Waals surface area (Å²) >= 11 is 0. The highest BCUT2D eigenvalue weighted by Crippen LogP contribution is 2.32. The maximum atomic E-state index is 12.5. The summed E-state index contributed by atoms with van der Waals surface area (Å²) in [6, 6.07) is 9.34. The molecule has 142 valence electrons. The van der Waals surface area contributed by atoms with Gasteiger partial charge in [0.05, 0.1) is 6.20 Å². The van der Waals surface area contributed by atoms with Gasteiger partial charge in [-0.25, -0.2) is 0 Å². The number of ether oxygens (including phenoxy) is 1.